The zero-order valence-corrected chi connectivity index (χ0v) is 12.0. The lowest BCUT2D eigenvalue weighted by Gasteiger charge is -2.06. The first-order valence-electron chi connectivity index (χ1n) is 6.29. The summed E-state index contributed by atoms with van der Waals surface area (Å²) in [6.45, 7) is 0. The van der Waals surface area contributed by atoms with Gasteiger partial charge in [0, 0.05) is 0 Å². The van der Waals surface area contributed by atoms with Crippen LogP contribution in [-0.2, 0) is 10.9 Å². The van der Waals surface area contributed by atoms with Crippen LogP contribution in [0.2, 0.25) is 0 Å². The Balaban J connectivity index is 0.000000253. The first-order chi connectivity index (χ1) is 10.8. The van der Waals surface area contributed by atoms with Gasteiger partial charge in [-0.25, -0.2) is 9.59 Å². The third-order valence-electron chi connectivity index (χ3n) is 2.65. The Labute approximate surface area is 130 Å². The highest BCUT2D eigenvalue weighted by Crippen LogP contribution is 2.29. The topological polar surface area (TPSA) is 63.6 Å². The molecule has 0 saturated carbocycles. The van der Waals surface area contributed by atoms with E-state index in [-0.39, 0.29) is 5.56 Å². The third kappa shape index (κ3) is 5.82. The lowest BCUT2D eigenvalue weighted by Crippen LogP contribution is -2.06. The summed E-state index contributed by atoms with van der Waals surface area (Å²) in [5, 5.41) is 8.38. The molecule has 0 atom stereocenters. The van der Waals surface area contributed by atoms with Crippen LogP contribution in [0.25, 0.3) is 0 Å². The van der Waals surface area contributed by atoms with Gasteiger partial charge in [-0.15, -0.1) is 0 Å². The van der Waals surface area contributed by atoms with Gasteiger partial charge in [0.25, 0.3) is 0 Å². The molecule has 1 N–H and O–H groups in total. The summed E-state index contributed by atoms with van der Waals surface area (Å²) in [5.41, 5.74) is -0.358. The summed E-state index contributed by atoms with van der Waals surface area (Å²) in [6, 6.07) is 12.1. The van der Waals surface area contributed by atoms with Gasteiger partial charge in [0.15, 0.2) is 0 Å². The van der Waals surface area contributed by atoms with Crippen molar-refractivity contribution in [3.8, 4) is 0 Å². The molecule has 0 amide bonds. The van der Waals surface area contributed by atoms with Gasteiger partial charge in [0.2, 0.25) is 0 Å². The molecule has 7 heteroatoms. The largest absolute Gasteiger partial charge is 0.478 e. The molecule has 4 nitrogen and oxygen atoms in total. The predicted octanol–water partition coefficient (Wildman–Crippen LogP) is 3.88. The lowest BCUT2D eigenvalue weighted by molar-refractivity contribution is -0.137. The molecule has 0 aliphatic carbocycles. The van der Waals surface area contributed by atoms with Crippen molar-refractivity contribution in [2.24, 2.45) is 0 Å². The smallest absolute Gasteiger partial charge is 0.416 e. The van der Waals surface area contributed by atoms with Crippen molar-refractivity contribution in [3.05, 3.63) is 71.3 Å². The maximum absolute atomic E-state index is 12.1. The molecule has 0 heterocycles. The number of halogens is 3. The van der Waals surface area contributed by atoms with Crippen LogP contribution in [0, 0.1) is 0 Å². The Morgan fingerprint density at radius 3 is 1.78 bits per heavy atom. The highest BCUT2D eigenvalue weighted by molar-refractivity contribution is 5.89. The predicted molar refractivity (Wildman–Crippen MR) is 76.2 cm³/mol. The van der Waals surface area contributed by atoms with Gasteiger partial charge in [-0.1, -0.05) is 18.2 Å². The minimum atomic E-state index is -4.38. The summed E-state index contributed by atoms with van der Waals surface area (Å²) < 4.78 is 40.6. The molecule has 23 heavy (non-hydrogen) atoms. The molecule has 0 saturated heterocycles. The van der Waals surface area contributed by atoms with E-state index in [0.717, 1.165) is 24.3 Å². The number of rotatable bonds is 2. The highest BCUT2D eigenvalue weighted by Gasteiger charge is 2.30. The van der Waals surface area contributed by atoms with E-state index < -0.39 is 23.7 Å². The summed E-state index contributed by atoms with van der Waals surface area (Å²) in [5.74, 6) is -1.53. The summed E-state index contributed by atoms with van der Waals surface area (Å²) >= 11 is 0. The van der Waals surface area contributed by atoms with Crippen LogP contribution in [0.4, 0.5) is 13.2 Å². The average molecular weight is 326 g/mol. The number of carbonyl (C=O) groups is 2. The minimum Gasteiger partial charge on any atom is -0.478 e. The number of alkyl halides is 3. The zero-order chi connectivity index (χ0) is 17.5. The summed E-state index contributed by atoms with van der Waals surface area (Å²) in [6.07, 6.45) is -4.38. The number of ether oxygens (including phenoxy) is 1. The van der Waals surface area contributed by atoms with E-state index in [2.05, 4.69) is 4.74 Å². The Kier molecular flexibility index (Phi) is 6.32. The summed E-state index contributed by atoms with van der Waals surface area (Å²) in [4.78, 5) is 21.1. The molecule has 0 bridgehead atoms. The number of methoxy groups -OCH3 is 1. The van der Waals surface area contributed by atoms with Gasteiger partial charge in [0.05, 0.1) is 23.8 Å². The molecule has 2 rings (SSSR count). The molecule has 0 fully saturated rings. The maximum Gasteiger partial charge on any atom is 0.416 e. The fraction of sp³-hybridized carbons (Fsp3) is 0.125. The van der Waals surface area contributed by atoms with Crippen LogP contribution >= 0.6 is 0 Å². The Bertz CT molecular complexity index is 649. The number of carboxylic acid groups (broad SMARTS) is 1. The standard InChI is InChI=1S/C9H7F3O2.C7H6O2/c1-14-8(13)6-2-4-7(5-3-6)9(10,11)12;8-7(9)6-4-2-1-3-5-6/h2-5H,1H3;1-5H,(H,8,9). The van der Waals surface area contributed by atoms with Crippen LogP contribution in [0.5, 0.6) is 0 Å². The van der Waals surface area contributed by atoms with Crippen molar-refractivity contribution >= 4 is 11.9 Å². The van der Waals surface area contributed by atoms with Crippen molar-refractivity contribution in [2.75, 3.05) is 7.11 Å². The molecule has 0 aliphatic rings. The number of aromatic carboxylic acids is 1. The SMILES string of the molecule is COC(=O)c1ccc(C(F)(F)F)cc1.O=C(O)c1ccccc1. The molecule has 122 valence electrons. The molecule has 0 unspecified atom stereocenters. The molecule has 2 aromatic carbocycles. The van der Waals surface area contributed by atoms with Gasteiger partial charge >= 0.3 is 18.1 Å². The van der Waals surface area contributed by atoms with Crippen molar-refractivity contribution in [2.45, 2.75) is 6.18 Å². The van der Waals surface area contributed by atoms with E-state index in [0.29, 0.717) is 5.56 Å². The van der Waals surface area contributed by atoms with E-state index >= 15 is 0 Å². The van der Waals surface area contributed by atoms with E-state index in [1.165, 1.54) is 7.11 Å². The van der Waals surface area contributed by atoms with Crippen LogP contribution in [0.3, 0.4) is 0 Å². The first kappa shape index (κ1) is 18.2. The monoisotopic (exact) mass is 326 g/mol. The molecular formula is C16H13F3O4. The molecule has 0 aliphatic heterocycles. The number of carboxylic acids is 1. The third-order valence-corrected chi connectivity index (χ3v) is 2.65. The fourth-order valence-corrected chi connectivity index (χ4v) is 1.49. The number of esters is 1. The molecule has 2 aromatic rings. The van der Waals surface area contributed by atoms with E-state index in [9.17, 15) is 22.8 Å². The number of benzene rings is 2. The van der Waals surface area contributed by atoms with E-state index in [1.54, 1.807) is 30.3 Å². The van der Waals surface area contributed by atoms with Gasteiger partial charge < -0.3 is 9.84 Å². The second-order valence-corrected chi connectivity index (χ2v) is 4.24. The lowest BCUT2D eigenvalue weighted by atomic mass is 10.1. The normalized spacial score (nSPS) is 10.3. The second-order valence-electron chi connectivity index (χ2n) is 4.24. The van der Waals surface area contributed by atoms with Gasteiger partial charge in [-0.3, -0.25) is 0 Å². The van der Waals surface area contributed by atoms with Crippen molar-refractivity contribution in [1.29, 1.82) is 0 Å². The molecule has 0 radical (unpaired) electrons. The van der Waals surface area contributed by atoms with Crippen LogP contribution in [0.15, 0.2) is 54.6 Å². The number of hydrogen-bond acceptors (Lipinski definition) is 3. The van der Waals surface area contributed by atoms with Crippen molar-refractivity contribution in [3.63, 3.8) is 0 Å². The zero-order valence-electron chi connectivity index (χ0n) is 12.0. The van der Waals surface area contributed by atoms with E-state index in [4.69, 9.17) is 5.11 Å². The van der Waals surface area contributed by atoms with Crippen LogP contribution in [0.1, 0.15) is 26.3 Å². The van der Waals surface area contributed by atoms with Crippen LogP contribution in [-0.4, -0.2) is 24.2 Å². The average Bonchev–Trinajstić information content (AvgIpc) is 2.55. The van der Waals surface area contributed by atoms with E-state index in [1.807, 2.05) is 0 Å². The van der Waals surface area contributed by atoms with Crippen LogP contribution < -0.4 is 0 Å². The van der Waals surface area contributed by atoms with Crippen molar-refractivity contribution < 1.29 is 32.6 Å². The second kappa shape index (κ2) is 7.98. The Morgan fingerprint density at radius 2 is 1.43 bits per heavy atom. The molecular weight excluding hydrogens is 313 g/mol. The molecule has 0 spiro atoms. The number of hydrogen-bond donors (Lipinski definition) is 1. The Morgan fingerprint density at radius 1 is 0.913 bits per heavy atom. The van der Waals surface area contributed by atoms with Gasteiger partial charge in [0.1, 0.15) is 0 Å². The minimum absolute atomic E-state index is 0.0977. The van der Waals surface area contributed by atoms with Gasteiger partial charge in [-0.2, -0.15) is 13.2 Å². The summed E-state index contributed by atoms with van der Waals surface area (Å²) in [7, 11) is 1.17. The Hall–Kier alpha value is -2.83. The highest BCUT2D eigenvalue weighted by atomic mass is 19.4. The van der Waals surface area contributed by atoms with Crippen molar-refractivity contribution in [1.82, 2.24) is 0 Å². The van der Waals surface area contributed by atoms with Gasteiger partial charge in [-0.05, 0) is 36.4 Å². The molecule has 0 aromatic heterocycles. The fourth-order valence-electron chi connectivity index (χ4n) is 1.49. The first-order valence-corrected chi connectivity index (χ1v) is 6.29. The maximum atomic E-state index is 12.1. The number of carbonyl (C=O) groups excluding carboxylic acids is 1. The quantitative estimate of drug-likeness (QED) is 0.851.